The predicted octanol–water partition coefficient (Wildman–Crippen LogP) is 7.06. The van der Waals surface area contributed by atoms with Gasteiger partial charge in [-0.1, -0.05) is 22.9 Å². The SMILES string of the molecule is C.CC(=O)O.CC(=O)OC(C)=O.CC(C)(C)OC(=O)N1CCC(/C(N)=N\O)CC1.CC(C)(C)OC(=O)N1CCC(C#N)CC1.CO.Cc1nc(C2CCN(C(=O)OC(C)(C)C)CC2)no1.Cc1nc(C2CCNCC2)no1.Cl.NO. The second-order valence-corrected chi connectivity index (χ2v) is 20.9. The van der Waals surface area contributed by atoms with E-state index in [4.69, 9.17) is 59.7 Å². The Balaban J connectivity index is -0.000000443. The molecule has 0 unspecified atom stereocenters. The topological polar surface area (TPSA) is 408 Å². The van der Waals surface area contributed by atoms with Gasteiger partial charge in [0.25, 0.3) is 5.97 Å². The number of hydrogen-bond acceptors (Lipinski definition) is 23. The minimum Gasteiger partial charge on any atom is -0.481 e. The summed E-state index contributed by atoms with van der Waals surface area (Å²) in [7, 11) is 1.00. The van der Waals surface area contributed by atoms with E-state index in [0.717, 1.165) is 77.3 Å². The summed E-state index contributed by atoms with van der Waals surface area (Å²) >= 11 is 0. The monoisotopic (exact) mass is 1170 g/mol. The molecule has 2 aromatic rings. The highest BCUT2D eigenvalue weighted by Crippen LogP contribution is 2.27. The first-order chi connectivity index (χ1) is 36.3. The number of aromatic nitrogens is 4. The van der Waals surface area contributed by atoms with Crippen molar-refractivity contribution >= 4 is 54.4 Å². The summed E-state index contributed by atoms with van der Waals surface area (Å²) in [5.74, 6) is 5.61. The number of carboxylic acid groups (broad SMARTS) is 1. The number of aliphatic hydroxyl groups is 1. The molecule has 0 spiro atoms. The summed E-state index contributed by atoms with van der Waals surface area (Å²) in [5, 5.41) is 52.4. The molecule has 28 nitrogen and oxygen atoms in total. The van der Waals surface area contributed by atoms with Crippen molar-refractivity contribution in [2.45, 2.75) is 184 Å². The van der Waals surface area contributed by atoms with Crippen molar-refractivity contribution in [3.63, 3.8) is 0 Å². The number of nitrogens with one attached hydrogen (secondary N) is 1. The fourth-order valence-electron chi connectivity index (χ4n) is 7.17. The first kappa shape index (κ1) is 80.1. The number of amidine groups is 1. The van der Waals surface area contributed by atoms with Crippen molar-refractivity contribution in [2.75, 3.05) is 59.5 Å². The molecule has 80 heavy (non-hydrogen) atoms. The number of carboxylic acids is 1. The molecule has 4 aliphatic rings. The van der Waals surface area contributed by atoms with Gasteiger partial charge in [0, 0.05) is 105 Å². The minimum absolute atomic E-state index is 0. The van der Waals surface area contributed by atoms with Crippen LogP contribution >= 0.6 is 12.4 Å². The van der Waals surface area contributed by atoms with E-state index >= 15 is 0 Å². The average molecular weight is 1170 g/mol. The van der Waals surface area contributed by atoms with Gasteiger partial charge in [-0.05, 0) is 127 Å². The number of amides is 3. The summed E-state index contributed by atoms with van der Waals surface area (Å²) in [6.45, 7) is 29.7. The third-order valence-corrected chi connectivity index (χ3v) is 10.6. The number of nitrogens with two attached hydrogens (primary N) is 2. The van der Waals surface area contributed by atoms with Crippen LogP contribution < -0.4 is 16.9 Å². The number of oxime groups is 1. The molecule has 462 valence electrons. The highest BCUT2D eigenvalue weighted by atomic mass is 35.5. The summed E-state index contributed by atoms with van der Waals surface area (Å²) in [4.78, 5) is 77.5. The number of nitriles is 1. The fraction of sp³-hybridized carbons (Fsp3) is 0.765. The van der Waals surface area contributed by atoms with E-state index in [2.05, 4.69) is 47.5 Å². The molecular formula is C51H95ClN12O16. The van der Waals surface area contributed by atoms with Gasteiger partial charge >= 0.3 is 30.2 Å². The maximum atomic E-state index is 11.9. The molecule has 0 atom stereocenters. The number of rotatable bonds is 3. The van der Waals surface area contributed by atoms with E-state index in [1.807, 2.05) is 69.2 Å². The number of halogens is 1. The zero-order chi connectivity index (χ0) is 60.4. The average Bonchev–Trinajstić information content (AvgIpc) is 4.02. The Bertz CT molecular complexity index is 2110. The smallest absolute Gasteiger partial charge is 0.410 e. The van der Waals surface area contributed by atoms with Crippen LogP contribution in [0.1, 0.15) is 177 Å². The van der Waals surface area contributed by atoms with Crippen LogP contribution in [0.3, 0.4) is 0 Å². The molecule has 0 bridgehead atoms. The van der Waals surface area contributed by atoms with Gasteiger partial charge in [0.05, 0.1) is 6.07 Å². The molecule has 29 heteroatoms. The van der Waals surface area contributed by atoms with Crippen LogP contribution in [0.2, 0.25) is 0 Å². The quantitative estimate of drug-likeness (QED) is 0.0307. The first-order valence-corrected chi connectivity index (χ1v) is 25.5. The van der Waals surface area contributed by atoms with Crippen molar-refractivity contribution in [3.8, 4) is 6.07 Å². The molecule has 6 rings (SSSR count). The second-order valence-electron chi connectivity index (χ2n) is 20.9. The lowest BCUT2D eigenvalue weighted by molar-refractivity contribution is -0.156. The van der Waals surface area contributed by atoms with E-state index in [1.165, 1.54) is 13.8 Å². The number of carbonyl (C=O) groups excluding carboxylic acids is 5. The standard InChI is InChI=1S/C13H21N3O3.C11H21N3O3.C11H18N2O2.C8H13N3O.C4H6O3.C2H4O2.CH4O.CH4.ClH.H3NO/c1-9-14-11(15-19-9)10-5-7-16(8-6-10)12(17)18-13(2,3)4;1-11(2,3)17-10(15)14-6-4-8(5-7-14)9(12)13-16;1-11(2,3)15-10(14)13-6-4-9(8-12)5-7-13;1-6-10-8(11-12-6)7-2-4-9-5-3-7;1-3(5)7-4(2)6;1-2(3)4;1-2;;;1-2/h10H,5-8H2,1-4H3;8,16H,4-7H2,1-3H3,(H2,12,13);9H,4-7H2,1-3H3;7,9H,2-5H2,1H3;1-2H3;1H3,(H,3,4);2H,1H3;1H4;1H;2H,1H2. The van der Waals surface area contributed by atoms with Gasteiger partial charge in [0.2, 0.25) is 11.8 Å². The van der Waals surface area contributed by atoms with Crippen molar-refractivity contribution in [1.29, 1.82) is 5.26 Å². The van der Waals surface area contributed by atoms with Crippen LogP contribution in [0.25, 0.3) is 0 Å². The summed E-state index contributed by atoms with van der Waals surface area (Å²) in [6, 6.07) is 2.23. The van der Waals surface area contributed by atoms with Crippen molar-refractivity contribution in [1.82, 2.24) is 40.3 Å². The summed E-state index contributed by atoms with van der Waals surface area (Å²) in [6.07, 6.45) is 6.06. The lowest BCUT2D eigenvalue weighted by Crippen LogP contribution is -2.44. The molecule has 4 saturated heterocycles. The van der Waals surface area contributed by atoms with Gasteiger partial charge in [-0.25, -0.2) is 20.3 Å². The summed E-state index contributed by atoms with van der Waals surface area (Å²) in [5.41, 5.74) is 4.18. The Labute approximate surface area is 477 Å². The van der Waals surface area contributed by atoms with Crippen molar-refractivity contribution in [3.05, 3.63) is 23.4 Å². The number of likely N-dealkylation sites (tertiary alicyclic amines) is 3. The maximum absolute atomic E-state index is 11.9. The molecule has 0 aromatic carbocycles. The van der Waals surface area contributed by atoms with Crippen LogP contribution in [0, 0.1) is 37.0 Å². The van der Waals surface area contributed by atoms with Crippen LogP contribution in [0.15, 0.2) is 14.2 Å². The molecule has 0 aliphatic carbocycles. The van der Waals surface area contributed by atoms with E-state index < -0.39 is 34.7 Å². The Kier molecular flexibility index (Phi) is 41.6. The zero-order valence-electron chi connectivity index (χ0n) is 48.9. The van der Waals surface area contributed by atoms with E-state index in [-0.39, 0.29) is 61.7 Å². The molecule has 9 N–H and O–H groups in total. The molecule has 3 amide bonds. The van der Waals surface area contributed by atoms with Crippen LogP contribution in [0.4, 0.5) is 14.4 Å². The minimum atomic E-state index is -0.833. The Hall–Kier alpha value is -6.41. The Morgan fingerprint density at radius 2 is 0.938 bits per heavy atom. The van der Waals surface area contributed by atoms with Gasteiger partial charge in [-0.2, -0.15) is 15.2 Å². The number of ether oxygens (including phenoxy) is 4. The van der Waals surface area contributed by atoms with E-state index in [9.17, 15) is 24.0 Å². The first-order valence-electron chi connectivity index (χ1n) is 25.5. The largest absolute Gasteiger partial charge is 0.481 e. The predicted molar refractivity (Wildman–Crippen MR) is 297 cm³/mol. The highest BCUT2D eigenvalue weighted by Gasteiger charge is 2.31. The fourth-order valence-corrected chi connectivity index (χ4v) is 7.17. The Morgan fingerprint density at radius 3 is 1.19 bits per heavy atom. The van der Waals surface area contributed by atoms with Gasteiger partial charge in [0.1, 0.15) is 22.6 Å². The summed E-state index contributed by atoms with van der Waals surface area (Å²) < 4.78 is 29.8. The highest BCUT2D eigenvalue weighted by molar-refractivity contribution is 5.85. The molecule has 6 heterocycles. The number of piperidine rings is 4. The number of aryl methyl sites for hydroxylation is 2. The van der Waals surface area contributed by atoms with E-state index in [0.29, 0.717) is 69.8 Å². The molecule has 2 aromatic heterocycles. The lowest BCUT2D eigenvalue weighted by Gasteiger charge is -2.32. The lowest BCUT2D eigenvalue weighted by atomic mass is 9.96. The zero-order valence-corrected chi connectivity index (χ0v) is 49.7. The number of aliphatic carboxylic acids is 1. The van der Waals surface area contributed by atoms with Gasteiger partial charge in [-0.15, -0.1) is 12.4 Å². The van der Waals surface area contributed by atoms with Crippen molar-refractivity contribution < 1.29 is 77.4 Å². The molecule has 0 saturated carbocycles. The van der Waals surface area contributed by atoms with Crippen LogP contribution in [-0.4, -0.2) is 174 Å². The molecule has 0 radical (unpaired) electrons. The molecule has 4 aliphatic heterocycles. The van der Waals surface area contributed by atoms with Crippen LogP contribution in [-0.2, 0) is 33.3 Å². The third kappa shape index (κ3) is 38.2. The third-order valence-electron chi connectivity index (χ3n) is 10.6. The number of nitrogens with zero attached hydrogens (tertiary/aromatic N) is 9. The van der Waals surface area contributed by atoms with Gasteiger partial charge < -0.3 is 74.4 Å². The van der Waals surface area contributed by atoms with Gasteiger partial charge in [-0.3, -0.25) is 14.4 Å². The molecule has 4 fully saturated rings. The number of carbonyl (C=O) groups is 6. The number of hydrogen-bond donors (Lipinski definition) is 7. The number of esters is 2. The van der Waals surface area contributed by atoms with Gasteiger partial charge in [0.15, 0.2) is 11.6 Å². The second kappa shape index (κ2) is 41.6. The Morgan fingerprint density at radius 1 is 0.637 bits per heavy atom. The molecular weight excluding hydrogens is 1070 g/mol. The van der Waals surface area contributed by atoms with Crippen LogP contribution in [0.5, 0.6) is 0 Å². The normalized spacial score (nSPS) is 15.8. The number of aliphatic hydroxyl groups excluding tert-OH is 1. The maximum Gasteiger partial charge on any atom is 0.410 e. The van der Waals surface area contributed by atoms with E-state index in [1.54, 1.807) is 21.6 Å². The van der Waals surface area contributed by atoms with Crippen molar-refractivity contribution in [2.24, 2.45) is 28.6 Å².